The molecule has 0 radical (unpaired) electrons. The first-order chi connectivity index (χ1) is 8.01. The third kappa shape index (κ3) is 2.84. The quantitative estimate of drug-likeness (QED) is 0.591. The first kappa shape index (κ1) is 13.2. The molecule has 0 bridgehead atoms. The number of rotatable bonds is 4. The molecule has 1 aromatic rings. The van der Waals surface area contributed by atoms with Crippen molar-refractivity contribution < 1.29 is 19.1 Å². The van der Waals surface area contributed by atoms with E-state index < -0.39 is 11.9 Å². The van der Waals surface area contributed by atoms with Crippen molar-refractivity contribution in [1.82, 2.24) is 0 Å². The molecule has 1 atom stereocenters. The van der Waals surface area contributed by atoms with Crippen LogP contribution >= 0.6 is 0 Å². The predicted octanol–water partition coefficient (Wildman–Crippen LogP) is 1.85. The number of ketones is 1. The Morgan fingerprint density at radius 3 is 2.29 bits per heavy atom. The zero-order valence-electron chi connectivity index (χ0n) is 10.4. The van der Waals surface area contributed by atoms with E-state index >= 15 is 0 Å². The summed E-state index contributed by atoms with van der Waals surface area (Å²) in [5, 5.41) is 0. The highest BCUT2D eigenvalue weighted by molar-refractivity contribution is 6.03. The number of aryl methyl sites for hydroxylation is 1. The molecule has 0 amide bonds. The Hall–Kier alpha value is -1.84. The van der Waals surface area contributed by atoms with Crippen LogP contribution in [0.1, 0.15) is 24.0 Å². The van der Waals surface area contributed by atoms with Crippen LogP contribution in [-0.4, -0.2) is 26.0 Å². The third-order valence-electron chi connectivity index (χ3n) is 2.60. The summed E-state index contributed by atoms with van der Waals surface area (Å²) in [5.74, 6) is -0.908. The van der Waals surface area contributed by atoms with Crippen molar-refractivity contribution in [3.8, 4) is 5.75 Å². The van der Waals surface area contributed by atoms with Crippen LogP contribution in [0.4, 0.5) is 0 Å². The summed E-state index contributed by atoms with van der Waals surface area (Å²) >= 11 is 0. The van der Waals surface area contributed by atoms with Gasteiger partial charge in [0.25, 0.3) is 0 Å². The number of methoxy groups -OCH3 is 2. The lowest BCUT2D eigenvalue weighted by molar-refractivity contribution is -0.145. The second kappa shape index (κ2) is 5.48. The molecule has 0 N–H and O–H groups in total. The summed E-state index contributed by atoms with van der Waals surface area (Å²) < 4.78 is 9.76. The van der Waals surface area contributed by atoms with Crippen molar-refractivity contribution in [2.24, 2.45) is 0 Å². The van der Waals surface area contributed by atoms with Gasteiger partial charge in [-0.1, -0.05) is 12.1 Å². The highest BCUT2D eigenvalue weighted by Gasteiger charge is 2.26. The number of benzene rings is 1. The van der Waals surface area contributed by atoms with Gasteiger partial charge in [-0.25, -0.2) is 0 Å². The number of Topliss-reactive ketones (excluding diaryl/α,β-unsaturated/α-hetero) is 1. The molecule has 4 nitrogen and oxygen atoms in total. The lowest BCUT2D eigenvalue weighted by Crippen LogP contribution is -2.21. The largest absolute Gasteiger partial charge is 0.496 e. The molecule has 0 saturated carbocycles. The Morgan fingerprint density at radius 1 is 1.24 bits per heavy atom. The summed E-state index contributed by atoms with van der Waals surface area (Å²) in [4.78, 5) is 23.0. The van der Waals surface area contributed by atoms with Crippen LogP contribution in [0.3, 0.4) is 0 Å². The summed E-state index contributed by atoms with van der Waals surface area (Å²) in [6, 6.07) is 5.21. The normalized spacial score (nSPS) is 11.8. The second-order valence-electron chi connectivity index (χ2n) is 3.80. The van der Waals surface area contributed by atoms with Gasteiger partial charge in [0.2, 0.25) is 0 Å². The molecule has 0 heterocycles. The van der Waals surface area contributed by atoms with E-state index in [1.54, 1.807) is 25.3 Å². The van der Waals surface area contributed by atoms with Crippen LogP contribution in [0.25, 0.3) is 0 Å². The van der Waals surface area contributed by atoms with Gasteiger partial charge in [0.1, 0.15) is 17.5 Å². The van der Waals surface area contributed by atoms with E-state index in [1.165, 1.54) is 14.0 Å². The van der Waals surface area contributed by atoms with Crippen LogP contribution in [0.2, 0.25) is 0 Å². The fourth-order valence-electron chi connectivity index (χ4n) is 1.74. The van der Waals surface area contributed by atoms with E-state index in [0.717, 1.165) is 11.3 Å². The smallest absolute Gasteiger partial charge is 0.320 e. The van der Waals surface area contributed by atoms with Gasteiger partial charge in [-0.3, -0.25) is 9.59 Å². The average molecular weight is 236 g/mol. The zero-order valence-corrected chi connectivity index (χ0v) is 10.4. The van der Waals surface area contributed by atoms with E-state index in [4.69, 9.17) is 4.74 Å². The Morgan fingerprint density at radius 2 is 1.88 bits per heavy atom. The molecule has 92 valence electrons. The maximum Gasteiger partial charge on any atom is 0.320 e. The molecule has 0 saturated heterocycles. The number of esters is 1. The zero-order chi connectivity index (χ0) is 13.0. The Bertz CT molecular complexity index is 437. The number of carbonyl (C=O) groups is 2. The van der Waals surface area contributed by atoms with E-state index in [-0.39, 0.29) is 5.78 Å². The van der Waals surface area contributed by atoms with Crippen molar-refractivity contribution in [3.63, 3.8) is 0 Å². The maximum absolute atomic E-state index is 11.5. The molecule has 1 aromatic carbocycles. The SMILES string of the molecule is COC(=O)C(C(C)=O)c1ccc(OC)c(C)c1. The molecular formula is C13H16O4. The Balaban J connectivity index is 3.16. The topological polar surface area (TPSA) is 52.6 Å². The molecule has 0 aromatic heterocycles. The van der Waals surface area contributed by atoms with Crippen molar-refractivity contribution in [3.05, 3.63) is 29.3 Å². The first-order valence-electron chi connectivity index (χ1n) is 5.24. The minimum absolute atomic E-state index is 0.235. The van der Waals surface area contributed by atoms with Gasteiger partial charge in [0, 0.05) is 0 Å². The fraction of sp³-hybridized carbons (Fsp3) is 0.385. The highest BCUT2D eigenvalue weighted by atomic mass is 16.5. The van der Waals surface area contributed by atoms with Gasteiger partial charge >= 0.3 is 5.97 Å². The van der Waals surface area contributed by atoms with Gasteiger partial charge in [-0.05, 0) is 31.0 Å². The van der Waals surface area contributed by atoms with Crippen LogP contribution < -0.4 is 4.74 Å². The van der Waals surface area contributed by atoms with Crippen molar-refractivity contribution in [1.29, 1.82) is 0 Å². The van der Waals surface area contributed by atoms with Crippen LogP contribution in [0, 0.1) is 6.92 Å². The number of hydrogen-bond acceptors (Lipinski definition) is 4. The van der Waals surface area contributed by atoms with Gasteiger partial charge in [0.05, 0.1) is 14.2 Å². The van der Waals surface area contributed by atoms with Gasteiger partial charge in [-0.2, -0.15) is 0 Å². The van der Waals surface area contributed by atoms with Crippen molar-refractivity contribution in [2.75, 3.05) is 14.2 Å². The molecule has 0 aliphatic heterocycles. The standard InChI is InChI=1S/C13H16O4/c1-8-7-10(5-6-11(8)16-3)12(9(2)14)13(15)17-4/h5-7,12H,1-4H3. The van der Waals surface area contributed by atoms with Crippen LogP contribution in [0.15, 0.2) is 18.2 Å². The predicted molar refractivity (Wildman–Crippen MR) is 63.2 cm³/mol. The third-order valence-corrected chi connectivity index (χ3v) is 2.60. The van der Waals surface area contributed by atoms with E-state index in [0.29, 0.717) is 5.56 Å². The first-order valence-corrected chi connectivity index (χ1v) is 5.24. The van der Waals surface area contributed by atoms with Crippen molar-refractivity contribution >= 4 is 11.8 Å². The molecule has 0 fully saturated rings. The summed E-state index contributed by atoms with van der Waals surface area (Å²) in [7, 11) is 2.85. The summed E-state index contributed by atoms with van der Waals surface area (Å²) in [6.07, 6.45) is 0. The van der Waals surface area contributed by atoms with Crippen molar-refractivity contribution in [2.45, 2.75) is 19.8 Å². The number of ether oxygens (including phenoxy) is 2. The van der Waals surface area contributed by atoms with Gasteiger partial charge in [0.15, 0.2) is 0 Å². The summed E-state index contributed by atoms with van der Waals surface area (Å²) in [6.45, 7) is 3.23. The molecular weight excluding hydrogens is 220 g/mol. The molecule has 0 spiro atoms. The van der Waals surface area contributed by atoms with Crippen LogP contribution in [0.5, 0.6) is 5.75 Å². The highest BCUT2D eigenvalue weighted by Crippen LogP contribution is 2.25. The minimum atomic E-state index is -0.857. The molecule has 4 heteroatoms. The van der Waals surface area contributed by atoms with E-state index in [9.17, 15) is 9.59 Å². The number of carbonyl (C=O) groups excluding carboxylic acids is 2. The van der Waals surface area contributed by atoms with E-state index in [1.807, 2.05) is 6.92 Å². The van der Waals surface area contributed by atoms with Crippen LogP contribution in [-0.2, 0) is 14.3 Å². The minimum Gasteiger partial charge on any atom is -0.496 e. The lowest BCUT2D eigenvalue weighted by Gasteiger charge is -2.13. The van der Waals surface area contributed by atoms with Gasteiger partial charge < -0.3 is 9.47 Å². The average Bonchev–Trinajstić information content (AvgIpc) is 2.28. The second-order valence-corrected chi connectivity index (χ2v) is 3.80. The lowest BCUT2D eigenvalue weighted by atomic mass is 9.94. The monoisotopic (exact) mass is 236 g/mol. The molecule has 0 aliphatic carbocycles. The maximum atomic E-state index is 11.5. The van der Waals surface area contributed by atoms with Gasteiger partial charge in [-0.15, -0.1) is 0 Å². The summed E-state index contributed by atoms with van der Waals surface area (Å²) in [5.41, 5.74) is 1.50. The Kier molecular flexibility index (Phi) is 4.26. The molecule has 1 unspecified atom stereocenters. The molecule has 1 rings (SSSR count). The fourth-order valence-corrected chi connectivity index (χ4v) is 1.74. The number of hydrogen-bond donors (Lipinski definition) is 0. The Labute approximate surface area is 101 Å². The molecule has 17 heavy (non-hydrogen) atoms. The van der Waals surface area contributed by atoms with E-state index in [2.05, 4.69) is 4.74 Å². The molecule has 0 aliphatic rings.